The highest BCUT2D eigenvalue weighted by Crippen LogP contribution is 2.29. The molecular formula is C21H21NO5. The largest absolute Gasteiger partial charge is 0.490 e. The van der Waals surface area contributed by atoms with Crippen LogP contribution in [0.25, 0.3) is 11.3 Å². The molecule has 0 aliphatic carbocycles. The third-order valence-electron chi connectivity index (χ3n) is 3.75. The topological polar surface area (TPSA) is 70.8 Å². The van der Waals surface area contributed by atoms with Crippen LogP contribution < -0.4 is 9.47 Å². The summed E-state index contributed by atoms with van der Waals surface area (Å²) in [6.45, 7) is 4.76. The van der Waals surface area contributed by atoms with Crippen molar-refractivity contribution in [2.45, 2.75) is 20.5 Å². The highest BCUT2D eigenvalue weighted by atomic mass is 16.5. The number of hydrogen-bond acceptors (Lipinski definition) is 6. The van der Waals surface area contributed by atoms with E-state index in [-0.39, 0.29) is 6.61 Å². The van der Waals surface area contributed by atoms with Crippen molar-refractivity contribution >= 4 is 5.97 Å². The quantitative estimate of drug-likeness (QED) is 0.546. The lowest BCUT2D eigenvalue weighted by Crippen LogP contribution is -2.07. The Morgan fingerprint density at radius 1 is 0.963 bits per heavy atom. The van der Waals surface area contributed by atoms with Gasteiger partial charge in [-0.15, -0.1) is 0 Å². The Morgan fingerprint density at radius 2 is 1.70 bits per heavy atom. The van der Waals surface area contributed by atoms with Crippen LogP contribution >= 0.6 is 0 Å². The standard InChI is InChI=1S/C21H21NO5/c1-3-24-18-11-10-16(12-20(18)25-4-2)21(23)26-14-17-13-19(27-22-17)15-8-6-5-7-9-15/h5-13H,3-4,14H2,1-2H3. The summed E-state index contributed by atoms with van der Waals surface area (Å²) in [6, 6.07) is 16.3. The zero-order chi connectivity index (χ0) is 19.1. The number of carbonyl (C=O) groups is 1. The fourth-order valence-electron chi connectivity index (χ4n) is 2.52. The van der Waals surface area contributed by atoms with Crippen LogP contribution in [-0.4, -0.2) is 24.3 Å². The Balaban J connectivity index is 1.66. The Hall–Kier alpha value is -3.28. The van der Waals surface area contributed by atoms with Crippen molar-refractivity contribution < 1.29 is 23.5 Å². The van der Waals surface area contributed by atoms with Crippen LogP contribution in [0.1, 0.15) is 29.9 Å². The minimum atomic E-state index is -0.469. The minimum absolute atomic E-state index is 0.0202. The smallest absolute Gasteiger partial charge is 0.338 e. The van der Waals surface area contributed by atoms with Crippen molar-refractivity contribution in [1.29, 1.82) is 0 Å². The lowest BCUT2D eigenvalue weighted by Gasteiger charge is -2.12. The zero-order valence-corrected chi connectivity index (χ0v) is 15.3. The van der Waals surface area contributed by atoms with Gasteiger partial charge in [0.25, 0.3) is 0 Å². The number of hydrogen-bond donors (Lipinski definition) is 0. The molecule has 0 unspecified atom stereocenters. The molecule has 0 amide bonds. The molecule has 27 heavy (non-hydrogen) atoms. The van der Waals surface area contributed by atoms with Gasteiger partial charge in [0.2, 0.25) is 0 Å². The van der Waals surface area contributed by atoms with Gasteiger partial charge in [-0.2, -0.15) is 0 Å². The molecule has 3 rings (SSSR count). The first-order valence-electron chi connectivity index (χ1n) is 8.79. The first kappa shape index (κ1) is 18.5. The molecule has 3 aromatic rings. The normalized spacial score (nSPS) is 10.4. The van der Waals surface area contributed by atoms with E-state index in [9.17, 15) is 4.79 Å². The Labute approximate surface area is 157 Å². The first-order chi connectivity index (χ1) is 13.2. The van der Waals surface area contributed by atoms with E-state index in [0.29, 0.717) is 41.7 Å². The monoisotopic (exact) mass is 367 g/mol. The van der Waals surface area contributed by atoms with Crippen molar-refractivity contribution in [2.75, 3.05) is 13.2 Å². The lowest BCUT2D eigenvalue weighted by atomic mass is 10.2. The van der Waals surface area contributed by atoms with E-state index in [2.05, 4.69) is 5.16 Å². The van der Waals surface area contributed by atoms with Gasteiger partial charge in [-0.1, -0.05) is 35.5 Å². The molecule has 6 heteroatoms. The number of nitrogens with zero attached hydrogens (tertiary/aromatic N) is 1. The van der Waals surface area contributed by atoms with Gasteiger partial charge in [0.05, 0.1) is 18.8 Å². The SMILES string of the molecule is CCOc1ccc(C(=O)OCc2cc(-c3ccccc3)on2)cc1OCC. The van der Waals surface area contributed by atoms with Gasteiger partial charge in [-0.25, -0.2) is 4.79 Å². The second kappa shape index (κ2) is 8.89. The van der Waals surface area contributed by atoms with Crippen molar-refractivity contribution in [2.24, 2.45) is 0 Å². The second-order valence-electron chi connectivity index (χ2n) is 5.65. The highest BCUT2D eigenvalue weighted by Gasteiger charge is 2.14. The summed E-state index contributed by atoms with van der Waals surface area (Å²) in [6.07, 6.45) is 0. The molecule has 1 aromatic heterocycles. The first-order valence-corrected chi connectivity index (χ1v) is 8.79. The Morgan fingerprint density at radius 3 is 2.44 bits per heavy atom. The fraction of sp³-hybridized carbons (Fsp3) is 0.238. The zero-order valence-electron chi connectivity index (χ0n) is 15.3. The summed E-state index contributed by atoms with van der Waals surface area (Å²) >= 11 is 0. The van der Waals surface area contributed by atoms with E-state index < -0.39 is 5.97 Å². The van der Waals surface area contributed by atoms with Crippen LogP contribution in [0.3, 0.4) is 0 Å². The molecule has 0 fully saturated rings. The van der Waals surface area contributed by atoms with E-state index in [1.54, 1.807) is 24.3 Å². The van der Waals surface area contributed by atoms with Gasteiger partial charge >= 0.3 is 5.97 Å². The van der Waals surface area contributed by atoms with Gasteiger partial charge in [0.15, 0.2) is 17.3 Å². The van der Waals surface area contributed by atoms with Crippen LogP contribution in [-0.2, 0) is 11.3 Å². The third-order valence-corrected chi connectivity index (χ3v) is 3.75. The van der Waals surface area contributed by atoms with E-state index in [1.165, 1.54) is 0 Å². The van der Waals surface area contributed by atoms with Crippen LogP contribution in [0, 0.1) is 0 Å². The number of rotatable bonds is 8. The number of esters is 1. The summed E-state index contributed by atoms with van der Waals surface area (Å²) in [5.74, 6) is 1.27. The lowest BCUT2D eigenvalue weighted by molar-refractivity contribution is 0.0463. The third kappa shape index (κ3) is 4.67. The van der Waals surface area contributed by atoms with Crippen molar-refractivity contribution in [3.05, 3.63) is 65.9 Å². The highest BCUT2D eigenvalue weighted by molar-refractivity contribution is 5.90. The van der Waals surface area contributed by atoms with E-state index in [0.717, 1.165) is 5.56 Å². The molecule has 1 heterocycles. The van der Waals surface area contributed by atoms with Crippen LogP contribution in [0.15, 0.2) is 59.1 Å². The Kier molecular flexibility index (Phi) is 6.10. The van der Waals surface area contributed by atoms with Crippen molar-refractivity contribution in [3.8, 4) is 22.8 Å². The fourth-order valence-corrected chi connectivity index (χ4v) is 2.52. The molecule has 140 valence electrons. The maximum atomic E-state index is 12.3. The molecule has 0 bridgehead atoms. The maximum Gasteiger partial charge on any atom is 0.338 e. The molecule has 0 saturated carbocycles. The van der Waals surface area contributed by atoms with Gasteiger partial charge in [-0.05, 0) is 32.0 Å². The van der Waals surface area contributed by atoms with Crippen LogP contribution in [0.4, 0.5) is 0 Å². The number of ether oxygens (including phenoxy) is 3. The Bertz CT molecular complexity index is 889. The van der Waals surface area contributed by atoms with Gasteiger partial charge < -0.3 is 18.7 Å². The summed E-state index contributed by atoms with van der Waals surface area (Å²) in [5, 5.41) is 3.95. The van der Waals surface area contributed by atoms with Crippen LogP contribution in [0.2, 0.25) is 0 Å². The van der Waals surface area contributed by atoms with E-state index >= 15 is 0 Å². The summed E-state index contributed by atoms with van der Waals surface area (Å²) < 4.78 is 21.7. The number of benzene rings is 2. The molecule has 0 radical (unpaired) electrons. The minimum Gasteiger partial charge on any atom is -0.490 e. The second-order valence-corrected chi connectivity index (χ2v) is 5.65. The molecule has 0 aliphatic heterocycles. The molecule has 0 aliphatic rings. The molecule has 6 nitrogen and oxygen atoms in total. The predicted molar refractivity (Wildman–Crippen MR) is 99.8 cm³/mol. The van der Waals surface area contributed by atoms with E-state index in [1.807, 2.05) is 44.2 Å². The van der Waals surface area contributed by atoms with Gasteiger partial charge in [0, 0.05) is 11.6 Å². The molecule has 0 atom stereocenters. The molecule has 2 aromatic carbocycles. The van der Waals surface area contributed by atoms with E-state index in [4.69, 9.17) is 18.7 Å². The van der Waals surface area contributed by atoms with Crippen molar-refractivity contribution in [1.82, 2.24) is 5.16 Å². The predicted octanol–water partition coefficient (Wildman–Crippen LogP) is 4.50. The summed E-state index contributed by atoms with van der Waals surface area (Å²) in [4.78, 5) is 12.3. The molecular weight excluding hydrogens is 346 g/mol. The number of aromatic nitrogens is 1. The van der Waals surface area contributed by atoms with Gasteiger partial charge in [-0.3, -0.25) is 0 Å². The van der Waals surface area contributed by atoms with Crippen molar-refractivity contribution in [3.63, 3.8) is 0 Å². The summed E-state index contributed by atoms with van der Waals surface area (Å²) in [5.41, 5.74) is 1.84. The maximum absolute atomic E-state index is 12.3. The van der Waals surface area contributed by atoms with Crippen LogP contribution in [0.5, 0.6) is 11.5 Å². The van der Waals surface area contributed by atoms with Gasteiger partial charge in [0.1, 0.15) is 12.3 Å². The molecule has 0 saturated heterocycles. The average molecular weight is 367 g/mol. The molecule has 0 N–H and O–H groups in total. The number of carbonyl (C=O) groups excluding carboxylic acids is 1. The summed E-state index contributed by atoms with van der Waals surface area (Å²) in [7, 11) is 0. The molecule has 0 spiro atoms. The average Bonchev–Trinajstić information content (AvgIpc) is 3.17.